The lowest BCUT2D eigenvalue weighted by Crippen LogP contribution is -2.29. The van der Waals surface area contributed by atoms with E-state index < -0.39 is 0 Å². The van der Waals surface area contributed by atoms with Gasteiger partial charge < -0.3 is 10.2 Å². The Morgan fingerprint density at radius 3 is 2.41 bits per heavy atom. The Balaban J connectivity index is 1.94. The fourth-order valence-corrected chi connectivity index (χ4v) is 2.21. The molecule has 0 radical (unpaired) electrons. The molecule has 3 heteroatoms. The van der Waals surface area contributed by atoms with Crippen LogP contribution in [0.2, 0.25) is 0 Å². The van der Waals surface area contributed by atoms with Gasteiger partial charge in [0.15, 0.2) is 0 Å². The van der Waals surface area contributed by atoms with Crippen LogP contribution in [0.1, 0.15) is 19.3 Å². The van der Waals surface area contributed by atoms with Crippen molar-refractivity contribution in [3.05, 3.63) is 35.9 Å². The summed E-state index contributed by atoms with van der Waals surface area (Å²) in [7, 11) is 0. The summed E-state index contributed by atoms with van der Waals surface area (Å²) >= 11 is 5.72. The van der Waals surface area contributed by atoms with Crippen LogP contribution in [0.3, 0.4) is 0 Å². The Morgan fingerprint density at radius 2 is 1.82 bits per heavy atom. The average Bonchev–Trinajstić information content (AvgIpc) is 2.38. The van der Waals surface area contributed by atoms with Gasteiger partial charge in [0.25, 0.3) is 0 Å². The van der Waals surface area contributed by atoms with Crippen molar-refractivity contribution < 1.29 is 0 Å². The van der Waals surface area contributed by atoms with Crippen LogP contribution in [0.5, 0.6) is 0 Å². The molecule has 0 aromatic heterocycles. The second kappa shape index (κ2) is 5.97. The summed E-state index contributed by atoms with van der Waals surface area (Å²) in [5, 5.41) is 3.85. The zero-order valence-electron chi connectivity index (χ0n) is 10.1. The summed E-state index contributed by atoms with van der Waals surface area (Å²) in [5.74, 6) is 0. The molecule has 0 atom stereocenters. The van der Waals surface area contributed by atoms with Gasteiger partial charge in [-0.25, -0.2) is 0 Å². The molecular weight excluding hydrogens is 232 g/mol. The maximum atomic E-state index is 5.72. The van der Waals surface area contributed by atoms with E-state index in [9.17, 15) is 0 Å². The van der Waals surface area contributed by atoms with E-state index in [-0.39, 0.29) is 0 Å². The molecule has 0 saturated carbocycles. The van der Waals surface area contributed by atoms with Gasteiger partial charge in [-0.1, -0.05) is 18.2 Å². The summed E-state index contributed by atoms with van der Waals surface area (Å²) in [4.78, 5) is 2.45. The van der Waals surface area contributed by atoms with Gasteiger partial charge in [-0.05, 0) is 43.5 Å². The molecule has 1 aliphatic rings. The molecule has 0 spiro atoms. The molecule has 1 N–H and O–H groups in total. The SMILES string of the molecule is C=C(Cl)CNc1ccc(N2CCCCC2)cc1. The van der Waals surface area contributed by atoms with E-state index in [0.717, 1.165) is 5.69 Å². The van der Waals surface area contributed by atoms with E-state index >= 15 is 0 Å². The molecule has 0 bridgehead atoms. The molecule has 0 amide bonds. The van der Waals surface area contributed by atoms with Crippen molar-refractivity contribution in [1.29, 1.82) is 0 Å². The number of anilines is 2. The molecular formula is C14H19ClN2. The smallest absolute Gasteiger partial charge is 0.0501 e. The standard InChI is InChI=1S/C14H19ClN2/c1-12(15)11-16-13-5-7-14(8-6-13)17-9-3-2-4-10-17/h5-8,16H,1-4,9-11H2. The molecule has 2 nitrogen and oxygen atoms in total. The van der Waals surface area contributed by atoms with E-state index in [4.69, 9.17) is 11.6 Å². The lowest BCUT2D eigenvalue weighted by molar-refractivity contribution is 0.578. The Labute approximate surface area is 108 Å². The second-order valence-corrected chi connectivity index (χ2v) is 5.00. The van der Waals surface area contributed by atoms with Crippen LogP contribution >= 0.6 is 11.6 Å². The zero-order valence-corrected chi connectivity index (χ0v) is 10.8. The summed E-state index contributed by atoms with van der Waals surface area (Å²) in [6.07, 6.45) is 3.99. The first-order valence-electron chi connectivity index (χ1n) is 6.18. The monoisotopic (exact) mass is 250 g/mol. The van der Waals surface area contributed by atoms with Gasteiger partial charge in [0, 0.05) is 29.5 Å². The van der Waals surface area contributed by atoms with Gasteiger partial charge in [0.2, 0.25) is 0 Å². The number of halogens is 1. The van der Waals surface area contributed by atoms with Crippen molar-refractivity contribution in [3.8, 4) is 0 Å². The van der Waals surface area contributed by atoms with Crippen LogP contribution in [0, 0.1) is 0 Å². The third-order valence-corrected chi connectivity index (χ3v) is 3.21. The van der Waals surface area contributed by atoms with Crippen LogP contribution in [0.25, 0.3) is 0 Å². The van der Waals surface area contributed by atoms with E-state index in [0.29, 0.717) is 11.6 Å². The quantitative estimate of drug-likeness (QED) is 0.874. The predicted molar refractivity (Wildman–Crippen MR) is 76.0 cm³/mol. The number of hydrogen-bond donors (Lipinski definition) is 1. The average molecular weight is 251 g/mol. The topological polar surface area (TPSA) is 15.3 Å². The highest BCUT2D eigenvalue weighted by molar-refractivity contribution is 6.29. The molecule has 17 heavy (non-hydrogen) atoms. The van der Waals surface area contributed by atoms with Crippen LogP contribution in [-0.4, -0.2) is 19.6 Å². The number of nitrogens with zero attached hydrogens (tertiary/aromatic N) is 1. The van der Waals surface area contributed by atoms with Crippen molar-refractivity contribution in [2.75, 3.05) is 29.9 Å². The van der Waals surface area contributed by atoms with Gasteiger partial charge in [0.05, 0.1) is 6.54 Å². The normalized spacial score (nSPS) is 15.7. The first kappa shape index (κ1) is 12.3. The third kappa shape index (κ3) is 3.67. The highest BCUT2D eigenvalue weighted by Crippen LogP contribution is 2.21. The minimum atomic E-state index is 0.616. The van der Waals surface area contributed by atoms with Crippen LogP contribution in [0.4, 0.5) is 11.4 Å². The van der Waals surface area contributed by atoms with Gasteiger partial charge in [-0.3, -0.25) is 0 Å². The van der Waals surface area contributed by atoms with Crippen LogP contribution in [0.15, 0.2) is 35.9 Å². The van der Waals surface area contributed by atoms with Crippen molar-refractivity contribution in [2.24, 2.45) is 0 Å². The molecule has 1 aromatic carbocycles. The Hall–Kier alpha value is -1.15. The maximum Gasteiger partial charge on any atom is 0.0501 e. The van der Waals surface area contributed by atoms with Gasteiger partial charge in [-0.15, -0.1) is 0 Å². The molecule has 1 aromatic rings. The van der Waals surface area contributed by atoms with E-state index in [1.807, 2.05) is 0 Å². The minimum absolute atomic E-state index is 0.616. The first-order chi connectivity index (χ1) is 8.25. The second-order valence-electron chi connectivity index (χ2n) is 4.47. The van der Waals surface area contributed by atoms with Crippen LogP contribution in [-0.2, 0) is 0 Å². The molecule has 92 valence electrons. The Bertz CT molecular complexity index is 366. The van der Waals surface area contributed by atoms with Gasteiger partial charge in [-0.2, -0.15) is 0 Å². The first-order valence-corrected chi connectivity index (χ1v) is 6.56. The number of piperidine rings is 1. The van der Waals surface area contributed by atoms with Crippen molar-refractivity contribution in [3.63, 3.8) is 0 Å². The lowest BCUT2D eigenvalue weighted by Gasteiger charge is -2.28. The molecule has 0 aliphatic carbocycles. The largest absolute Gasteiger partial charge is 0.380 e. The fourth-order valence-electron chi connectivity index (χ4n) is 2.14. The highest BCUT2D eigenvalue weighted by Gasteiger charge is 2.10. The summed E-state index contributed by atoms with van der Waals surface area (Å²) < 4.78 is 0. The van der Waals surface area contributed by atoms with E-state index in [1.54, 1.807) is 0 Å². The fraction of sp³-hybridized carbons (Fsp3) is 0.429. The lowest BCUT2D eigenvalue weighted by atomic mass is 10.1. The number of rotatable bonds is 4. The van der Waals surface area contributed by atoms with Gasteiger partial charge in [0.1, 0.15) is 0 Å². The Kier molecular flexibility index (Phi) is 4.32. The van der Waals surface area contributed by atoms with Crippen molar-refractivity contribution >= 4 is 23.0 Å². The van der Waals surface area contributed by atoms with Crippen LogP contribution < -0.4 is 10.2 Å². The van der Waals surface area contributed by atoms with E-state index in [1.165, 1.54) is 38.0 Å². The maximum absolute atomic E-state index is 5.72. The Morgan fingerprint density at radius 1 is 1.18 bits per heavy atom. The van der Waals surface area contributed by atoms with Crippen molar-refractivity contribution in [2.45, 2.75) is 19.3 Å². The number of hydrogen-bond acceptors (Lipinski definition) is 2. The molecule has 1 saturated heterocycles. The van der Waals surface area contributed by atoms with E-state index in [2.05, 4.69) is 41.1 Å². The summed E-state index contributed by atoms with van der Waals surface area (Å²) in [5.41, 5.74) is 2.41. The summed E-state index contributed by atoms with van der Waals surface area (Å²) in [6.45, 7) is 6.64. The van der Waals surface area contributed by atoms with Crippen molar-refractivity contribution in [1.82, 2.24) is 0 Å². The number of benzene rings is 1. The highest BCUT2D eigenvalue weighted by atomic mass is 35.5. The molecule has 0 unspecified atom stereocenters. The minimum Gasteiger partial charge on any atom is -0.380 e. The molecule has 1 aliphatic heterocycles. The molecule has 2 rings (SSSR count). The predicted octanol–water partition coefficient (Wildman–Crippen LogP) is 3.84. The molecule has 1 fully saturated rings. The molecule has 1 heterocycles. The van der Waals surface area contributed by atoms with Gasteiger partial charge >= 0.3 is 0 Å². The number of nitrogens with one attached hydrogen (secondary N) is 1. The summed E-state index contributed by atoms with van der Waals surface area (Å²) in [6, 6.07) is 8.54. The third-order valence-electron chi connectivity index (χ3n) is 3.07. The zero-order chi connectivity index (χ0) is 12.1.